The summed E-state index contributed by atoms with van der Waals surface area (Å²) in [5.41, 5.74) is 9.89. The van der Waals surface area contributed by atoms with Crippen molar-refractivity contribution in [2.75, 3.05) is 11.5 Å². The molecule has 4 nitrogen and oxygen atoms in total. The summed E-state index contributed by atoms with van der Waals surface area (Å²) in [6, 6.07) is 4.21. The minimum absolute atomic E-state index is 0.272. The molecule has 0 amide bonds. The number of pyridine rings is 1. The molecule has 1 aromatic heterocycles. The molecule has 1 aliphatic heterocycles. The normalized spacial score (nSPS) is 29.1. The van der Waals surface area contributed by atoms with E-state index in [9.17, 15) is 0 Å². The van der Waals surface area contributed by atoms with E-state index in [4.69, 9.17) is 11.6 Å². The smallest absolute Gasteiger partial charge is 0.123 e. The Balaban J connectivity index is 2.00. The van der Waals surface area contributed by atoms with Crippen molar-refractivity contribution >= 4 is 29.3 Å². The molecule has 5 N–H and O–H groups in total. The molecule has 0 aromatic carbocycles. The minimum Gasteiger partial charge on any atom is -0.384 e. The average Bonchev–Trinajstić information content (AvgIpc) is 2.39. The van der Waals surface area contributed by atoms with Gasteiger partial charge in [0.05, 0.1) is 0 Å². The molecular weight excluding hydrogens is 276 g/mol. The van der Waals surface area contributed by atoms with E-state index in [-0.39, 0.29) is 6.04 Å². The number of hydrazine groups is 1. The molecule has 0 radical (unpaired) electrons. The zero-order valence-corrected chi connectivity index (χ0v) is 13.0. The van der Waals surface area contributed by atoms with Crippen molar-refractivity contribution in [3.05, 3.63) is 23.9 Å². The maximum absolute atomic E-state index is 5.75. The third-order valence-corrected chi connectivity index (χ3v) is 7.09. The quantitative estimate of drug-likeness (QED) is 0.580. The van der Waals surface area contributed by atoms with Crippen LogP contribution in [0.1, 0.15) is 19.4 Å². The van der Waals surface area contributed by atoms with Gasteiger partial charge in [0.1, 0.15) is 5.82 Å². The first-order valence-corrected chi connectivity index (χ1v) is 8.53. The first-order valence-electron chi connectivity index (χ1n) is 6.53. The van der Waals surface area contributed by atoms with Gasteiger partial charge in [0, 0.05) is 33.7 Å². The number of nitrogens with zero attached hydrogens (tertiary/aromatic N) is 1. The average molecular weight is 298 g/mol. The summed E-state index contributed by atoms with van der Waals surface area (Å²) in [6.45, 7) is 4.60. The third kappa shape index (κ3) is 4.02. The van der Waals surface area contributed by atoms with Crippen LogP contribution >= 0.6 is 23.5 Å². The van der Waals surface area contributed by atoms with Gasteiger partial charge in [0.2, 0.25) is 0 Å². The SMILES string of the molecule is CC1SCC(C(Cc2ccnc(N)c2)NN)SC1C. The van der Waals surface area contributed by atoms with Crippen LogP contribution in [-0.2, 0) is 6.42 Å². The largest absolute Gasteiger partial charge is 0.384 e. The number of nitrogen functional groups attached to an aromatic ring is 1. The Morgan fingerprint density at radius 3 is 2.89 bits per heavy atom. The summed E-state index contributed by atoms with van der Waals surface area (Å²) >= 11 is 4.08. The van der Waals surface area contributed by atoms with Crippen molar-refractivity contribution in [3.63, 3.8) is 0 Å². The number of anilines is 1. The molecule has 19 heavy (non-hydrogen) atoms. The van der Waals surface area contributed by atoms with Crippen LogP contribution in [0, 0.1) is 0 Å². The molecule has 6 heteroatoms. The van der Waals surface area contributed by atoms with Gasteiger partial charge in [-0.1, -0.05) is 13.8 Å². The predicted octanol–water partition coefficient (Wildman–Crippen LogP) is 1.66. The molecule has 106 valence electrons. The van der Waals surface area contributed by atoms with E-state index in [0.29, 0.717) is 16.3 Å². The molecular formula is C13H22N4S2. The highest BCUT2D eigenvalue weighted by Crippen LogP contribution is 2.37. The van der Waals surface area contributed by atoms with Crippen LogP contribution in [0.4, 0.5) is 5.82 Å². The third-order valence-electron chi connectivity index (χ3n) is 3.54. The van der Waals surface area contributed by atoms with Gasteiger partial charge in [-0.3, -0.25) is 11.3 Å². The van der Waals surface area contributed by atoms with E-state index in [1.807, 2.05) is 35.7 Å². The highest BCUT2D eigenvalue weighted by atomic mass is 32.2. The fourth-order valence-electron chi connectivity index (χ4n) is 2.19. The summed E-state index contributed by atoms with van der Waals surface area (Å²) in [7, 11) is 0. The molecule has 4 atom stereocenters. The molecule has 4 unspecified atom stereocenters. The second kappa shape index (κ2) is 6.83. The molecule has 0 bridgehead atoms. The monoisotopic (exact) mass is 298 g/mol. The summed E-state index contributed by atoms with van der Waals surface area (Å²) in [6.07, 6.45) is 2.65. The topological polar surface area (TPSA) is 77.0 Å². The van der Waals surface area contributed by atoms with Crippen LogP contribution in [-0.4, -0.2) is 32.5 Å². The van der Waals surface area contributed by atoms with Crippen molar-refractivity contribution in [1.29, 1.82) is 0 Å². The van der Waals surface area contributed by atoms with Crippen molar-refractivity contribution in [2.24, 2.45) is 5.84 Å². The van der Waals surface area contributed by atoms with E-state index in [0.717, 1.165) is 17.4 Å². The lowest BCUT2D eigenvalue weighted by molar-refractivity contribution is 0.521. The number of rotatable bonds is 4. The van der Waals surface area contributed by atoms with Gasteiger partial charge in [0.15, 0.2) is 0 Å². The Morgan fingerprint density at radius 2 is 2.26 bits per heavy atom. The van der Waals surface area contributed by atoms with Gasteiger partial charge in [-0.05, 0) is 24.1 Å². The maximum atomic E-state index is 5.75. The highest BCUT2D eigenvalue weighted by Gasteiger charge is 2.30. The van der Waals surface area contributed by atoms with E-state index >= 15 is 0 Å². The zero-order valence-electron chi connectivity index (χ0n) is 11.4. The van der Waals surface area contributed by atoms with E-state index in [2.05, 4.69) is 24.3 Å². The van der Waals surface area contributed by atoms with Gasteiger partial charge in [0.25, 0.3) is 0 Å². The van der Waals surface area contributed by atoms with Crippen LogP contribution in [0.3, 0.4) is 0 Å². The predicted molar refractivity (Wildman–Crippen MR) is 86.2 cm³/mol. The Labute approximate surface area is 123 Å². The highest BCUT2D eigenvalue weighted by molar-refractivity contribution is 8.07. The Bertz CT molecular complexity index is 415. The Morgan fingerprint density at radius 1 is 1.47 bits per heavy atom. The molecule has 0 aliphatic carbocycles. The van der Waals surface area contributed by atoms with Crippen LogP contribution in [0.25, 0.3) is 0 Å². The summed E-state index contributed by atoms with van der Waals surface area (Å²) in [4.78, 5) is 4.02. The van der Waals surface area contributed by atoms with Crippen LogP contribution in [0.15, 0.2) is 18.3 Å². The molecule has 1 saturated heterocycles. The van der Waals surface area contributed by atoms with Gasteiger partial charge < -0.3 is 5.73 Å². The van der Waals surface area contributed by atoms with E-state index in [1.54, 1.807) is 6.20 Å². The Kier molecular flexibility index (Phi) is 5.38. The van der Waals surface area contributed by atoms with Crippen molar-refractivity contribution in [3.8, 4) is 0 Å². The number of nitrogens with one attached hydrogen (secondary N) is 1. The summed E-state index contributed by atoms with van der Waals surface area (Å²) in [5.74, 6) is 7.46. The second-order valence-corrected chi connectivity index (χ2v) is 8.02. The molecule has 2 heterocycles. The lowest BCUT2D eigenvalue weighted by atomic mass is 10.1. The van der Waals surface area contributed by atoms with Crippen molar-refractivity contribution in [1.82, 2.24) is 10.4 Å². The fraction of sp³-hybridized carbons (Fsp3) is 0.615. The molecule has 1 aromatic rings. The van der Waals surface area contributed by atoms with Crippen LogP contribution in [0.2, 0.25) is 0 Å². The van der Waals surface area contributed by atoms with Crippen LogP contribution < -0.4 is 17.0 Å². The van der Waals surface area contributed by atoms with Crippen molar-refractivity contribution in [2.45, 2.75) is 42.1 Å². The number of nitrogens with two attached hydrogens (primary N) is 2. The molecule has 0 spiro atoms. The number of aromatic nitrogens is 1. The van der Waals surface area contributed by atoms with E-state index in [1.165, 1.54) is 5.56 Å². The number of hydrogen-bond donors (Lipinski definition) is 3. The standard InChI is InChI=1S/C13H22N4S2/c1-8-9(2)19-12(7-18-8)11(17-15)5-10-3-4-16-13(14)6-10/h3-4,6,8-9,11-12,17H,5,7,15H2,1-2H3,(H2,14,16). The lowest BCUT2D eigenvalue weighted by Gasteiger charge is -2.35. The van der Waals surface area contributed by atoms with E-state index < -0.39 is 0 Å². The maximum Gasteiger partial charge on any atom is 0.123 e. The minimum atomic E-state index is 0.272. The Hall–Kier alpha value is -0.430. The second-order valence-electron chi connectivity index (χ2n) is 4.98. The molecule has 1 aliphatic rings. The van der Waals surface area contributed by atoms with Crippen LogP contribution in [0.5, 0.6) is 0 Å². The van der Waals surface area contributed by atoms with Gasteiger partial charge >= 0.3 is 0 Å². The molecule has 0 saturated carbocycles. The fourth-order valence-corrected chi connectivity index (χ4v) is 5.30. The molecule has 2 rings (SSSR count). The first kappa shape index (κ1) is 15.0. The van der Waals surface area contributed by atoms with Crippen molar-refractivity contribution < 1.29 is 0 Å². The number of thioether (sulfide) groups is 2. The van der Waals surface area contributed by atoms with Gasteiger partial charge in [-0.2, -0.15) is 23.5 Å². The van der Waals surface area contributed by atoms with Gasteiger partial charge in [-0.25, -0.2) is 4.98 Å². The van der Waals surface area contributed by atoms with Gasteiger partial charge in [-0.15, -0.1) is 0 Å². The first-order chi connectivity index (χ1) is 9.10. The number of hydrogen-bond acceptors (Lipinski definition) is 6. The lowest BCUT2D eigenvalue weighted by Crippen LogP contribution is -2.47. The zero-order chi connectivity index (χ0) is 13.8. The summed E-state index contributed by atoms with van der Waals surface area (Å²) < 4.78 is 0. The molecule has 1 fully saturated rings. The summed E-state index contributed by atoms with van der Waals surface area (Å²) in [5, 5.41) is 1.92.